The molecule has 1 aromatic heterocycles. The van der Waals surface area contributed by atoms with Crippen molar-refractivity contribution in [3.8, 4) is 11.3 Å². The summed E-state index contributed by atoms with van der Waals surface area (Å²) >= 11 is 0. The molecule has 0 bridgehead atoms. The zero-order chi connectivity index (χ0) is 26.1. The van der Waals surface area contributed by atoms with Gasteiger partial charge in [-0.1, -0.05) is 23.8 Å². The van der Waals surface area contributed by atoms with Crippen LogP contribution < -0.4 is 21.8 Å². The predicted molar refractivity (Wildman–Crippen MR) is 145 cm³/mol. The Kier molecular flexibility index (Phi) is 7.20. The maximum Gasteiger partial charge on any atom is 0.330 e. The van der Waals surface area contributed by atoms with Crippen LogP contribution in [-0.4, -0.2) is 27.8 Å². The van der Waals surface area contributed by atoms with E-state index in [1.165, 1.54) is 22.3 Å². The van der Waals surface area contributed by atoms with Crippen LogP contribution in [0.15, 0.2) is 40.1 Å². The number of nitrogens with one attached hydrogen (secondary N) is 2. The highest BCUT2D eigenvalue weighted by atomic mass is 16.2. The lowest BCUT2D eigenvalue weighted by atomic mass is 9.93. The van der Waals surface area contributed by atoms with Crippen molar-refractivity contribution in [2.45, 2.75) is 74.0 Å². The first kappa shape index (κ1) is 25.5. The number of benzene rings is 2. The van der Waals surface area contributed by atoms with Crippen molar-refractivity contribution in [3.05, 3.63) is 79.7 Å². The first-order chi connectivity index (χ1) is 17.0. The molecule has 7 nitrogen and oxygen atoms in total. The Morgan fingerprint density at radius 3 is 2.31 bits per heavy atom. The van der Waals surface area contributed by atoms with Crippen molar-refractivity contribution in [2.75, 3.05) is 6.54 Å². The summed E-state index contributed by atoms with van der Waals surface area (Å²) in [6.07, 6.45) is 0.811. The van der Waals surface area contributed by atoms with Gasteiger partial charge >= 0.3 is 11.7 Å². The fraction of sp³-hybridized carbons (Fsp3) is 0.414. The van der Waals surface area contributed by atoms with Gasteiger partial charge in [0.05, 0.1) is 11.4 Å². The van der Waals surface area contributed by atoms with Crippen molar-refractivity contribution < 1.29 is 4.79 Å². The standard InChI is InChI=1S/C29H37N5O2/c1-17(2)31-28(35)30-9-11-34-26(32-27-21(6)12-18(3)13-22(27)7)16-25-24-15-20(5)19(4)14-23(24)8-10-33(25)29(34)36/h12-17H,8-11H2,1-7H3,(H2,30,31,35)/b32-26+. The summed E-state index contributed by atoms with van der Waals surface area (Å²) in [5.74, 6) is 0. The van der Waals surface area contributed by atoms with Gasteiger partial charge in [-0.15, -0.1) is 0 Å². The number of aryl methyl sites for hydroxylation is 6. The number of fused-ring (bicyclic) bond motifs is 3. The van der Waals surface area contributed by atoms with Crippen LogP contribution in [0.4, 0.5) is 10.5 Å². The molecule has 3 aromatic rings. The number of rotatable bonds is 5. The number of aromatic nitrogens is 2. The van der Waals surface area contributed by atoms with E-state index in [-0.39, 0.29) is 17.8 Å². The maximum atomic E-state index is 13.8. The maximum absolute atomic E-state index is 13.8. The summed E-state index contributed by atoms with van der Waals surface area (Å²) in [4.78, 5) is 30.9. The molecule has 7 heteroatoms. The molecule has 0 atom stereocenters. The van der Waals surface area contributed by atoms with Crippen LogP contribution in [0.5, 0.6) is 0 Å². The van der Waals surface area contributed by atoms with Crippen molar-refractivity contribution in [1.29, 1.82) is 0 Å². The van der Waals surface area contributed by atoms with Crippen LogP contribution in [0.1, 0.15) is 47.2 Å². The van der Waals surface area contributed by atoms with Crippen LogP contribution in [0.25, 0.3) is 11.3 Å². The lowest BCUT2D eigenvalue weighted by Gasteiger charge is -2.24. The molecule has 2 amide bonds. The minimum absolute atomic E-state index is 0.0391. The molecule has 2 N–H and O–H groups in total. The van der Waals surface area contributed by atoms with Crippen LogP contribution in [0.3, 0.4) is 0 Å². The molecule has 0 saturated heterocycles. The van der Waals surface area contributed by atoms with E-state index in [1.807, 2.05) is 38.3 Å². The van der Waals surface area contributed by atoms with Crippen LogP contribution in [0, 0.1) is 34.6 Å². The summed E-state index contributed by atoms with van der Waals surface area (Å²) in [6.45, 7) is 15.5. The summed E-state index contributed by atoms with van der Waals surface area (Å²) in [6, 6.07) is 10.5. The van der Waals surface area contributed by atoms with E-state index in [9.17, 15) is 9.59 Å². The Labute approximate surface area is 212 Å². The Hall–Kier alpha value is -3.61. The van der Waals surface area contributed by atoms with E-state index in [0.717, 1.165) is 34.5 Å². The summed E-state index contributed by atoms with van der Waals surface area (Å²) in [5.41, 5.74) is 10.4. The molecule has 1 aliphatic rings. The molecule has 2 aromatic carbocycles. The van der Waals surface area contributed by atoms with Crippen molar-refractivity contribution in [2.24, 2.45) is 4.99 Å². The summed E-state index contributed by atoms with van der Waals surface area (Å²) in [7, 11) is 0. The van der Waals surface area contributed by atoms with Gasteiger partial charge in [0, 0.05) is 37.3 Å². The molecule has 0 aliphatic carbocycles. The first-order valence-corrected chi connectivity index (χ1v) is 12.7. The Balaban J connectivity index is 1.87. The van der Waals surface area contributed by atoms with Crippen LogP contribution in [-0.2, 0) is 19.5 Å². The fourth-order valence-corrected chi connectivity index (χ4v) is 4.98. The average Bonchev–Trinajstić information content (AvgIpc) is 2.78. The lowest BCUT2D eigenvalue weighted by molar-refractivity contribution is 0.238. The van der Waals surface area contributed by atoms with Crippen molar-refractivity contribution >= 4 is 11.7 Å². The van der Waals surface area contributed by atoms with Crippen LogP contribution >= 0.6 is 0 Å². The largest absolute Gasteiger partial charge is 0.336 e. The molecule has 190 valence electrons. The molecule has 0 fully saturated rings. The quantitative estimate of drug-likeness (QED) is 0.561. The van der Waals surface area contributed by atoms with Gasteiger partial charge in [-0.3, -0.25) is 9.13 Å². The number of amides is 2. The topological polar surface area (TPSA) is 80.4 Å². The smallest absolute Gasteiger partial charge is 0.330 e. The van der Waals surface area contributed by atoms with Gasteiger partial charge in [-0.2, -0.15) is 0 Å². The Morgan fingerprint density at radius 2 is 1.64 bits per heavy atom. The molecule has 2 heterocycles. The van der Waals surface area contributed by atoms with E-state index in [1.54, 1.807) is 4.57 Å². The van der Waals surface area contributed by atoms with Crippen molar-refractivity contribution in [1.82, 2.24) is 19.8 Å². The molecular weight excluding hydrogens is 450 g/mol. The molecule has 0 unspecified atom stereocenters. The van der Waals surface area contributed by atoms with Gasteiger partial charge in [0.1, 0.15) is 5.49 Å². The van der Waals surface area contributed by atoms with E-state index in [0.29, 0.717) is 25.1 Å². The van der Waals surface area contributed by atoms with Crippen molar-refractivity contribution in [3.63, 3.8) is 0 Å². The van der Waals surface area contributed by atoms with Gasteiger partial charge in [0.2, 0.25) is 0 Å². The van der Waals surface area contributed by atoms with Gasteiger partial charge in [-0.25, -0.2) is 14.6 Å². The minimum atomic E-state index is -0.243. The molecule has 0 spiro atoms. The highest BCUT2D eigenvalue weighted by Gasteiger charge is 2.20. The number of carbonyl (C=O) groups is 1. The molecule has 0 saturated carbocycles. The zero-order valence-corrected chi connectivity index (χ0v) is 22.5. The van der Waals surface area contributed by atoms with Gasteiger partial charge in [-0.05, 0) is 88.8 Å². The van der Waals surface area contributed by atoms with Gasteiger partial charge < -0.3 is 10.6 Å². The second kappa shape index (κ2) is 10.2. The number of nitrogens with zero attached hydrogens (tertiary/aromatic N) is 3. The Morgan fingerprint density at radius 1 is 0.972 bits per heavy atom. The normalized spacial score (nSPS) is 12.9. The SMILES string of the molecule is Cc1cc(C)c(/N=c2\cc3n(c(=O)n2CCNC(=O)NC(C)C)CCc2cc(C)c(C)cc2-3)c(C)c1. The highest BCUT2D eigenvalue weighted by molar-refractivity contribution is 5.74. The van der Waals surface area contributed by atoms with Crippen LogP contribution in [0.2, 0.25) is 0 Å². The third-order valence-corrected chi connectivity index (χ3v) is 6.80. The summed E-state index contributed by atoms with van der Waals surface area (Å²) < 4.78 is 3.53. The fourth-order valence-electron chi connectivity index (χ4n) is 4.98. The second-order valence-electron chi connectivity index (χ2n) is 10.2. The monoisotopic (exact) mass is 487 g/mol. The predicted octanol–water partition coefficient (Wildman–Crippen LogP) is 4.36. The molecule has 4 rings (SSSR count). The van der Waals surface area contributed by atoms with E-state index in [4.69, 9.17) is 4.99 Å². The third-order valence-electron chi connectivity index (χ3n) is 6.80. The van der Waals surface area contributed by atoms with E-state index >= 15 is 0 Å². The molecule has 36 heavy (non-hydrogen) atoms. The van der Waals surface area contributed by atoms with Gasteiger partial charge in [0.15, 0.2) is 0 Å². The van der Waals surface area contributed by atoms with E-state index < -0.39 is 0 Å². The second-order valence-corrected chi connectivity index (χ2v) is 10.2. The number of urea groups is 1. The zero-order valence-electron chi connectivity index (χ0n) is 22.5. The number of carbonyl (C=O) groups excluding carboxylic acids is 1. The average molecular weight is 488 g/mol. The number of hydrogen-bond acceptors (Lipinski definition) is 3. The van der Waals surface area contributed by atoms with Gasteiger partial charge in [0.25, 0.3) is 0 Å². The molecular formula is C29H37N5O2. The first-order valence-electron chi connectivity index (χ1n) is 12.7. The van der Waals surface area contributed by atoms with E-state index in [2.05, 4.69) is 55.7 Å². The lowest BCUT2D eigenvalue weighted by Crippen LogP contribution is -2.46. The summed E-state index contributed by atoms with van der Waals surface area (Å²) in [5, 5.41) is 5.68. The number of hydrogen-bond donors (Lipinski definition) is 2. The highest BCUT2D eigenvalue weighted by Crippen LogP contribution is 2.30. The third kappa shape index (κ3) is 5.15. The molecule has 1 aliphatic heterocycles. The Bertz CT molecular complexity index is 1440. The molecule has 0 radical (unpaired) electrons. The minimum Gasteiger partial charge on any atom is -0.336 e.